The van der Waals surface area contributed by atoms with Crippen LogP contribution in [-0.2, 0) is 11.3 Å². The number of carbonyl (C=O) groups excluding carboxylic acids is 1. The third-order valence-corrected chi connectivity index (χ3v) is 3.93. The summed E-state index contributed by atoms with van der Waals surface area (Å²) < 4.78 is 1.84. The summed E-state index contributed by atoms with van der Waals surface area (Å²) in [5.41, 5.74) is 2.09. The van der Waals surface area contributed by atoms with Gasteiger partial charge in [-0.15, -0.1) is 0 Å². The largest absolute Gasteiger partial charge is 0.337 e. The minimum absolute atomic E-state index is 0.0161. The molecule has 0 radical (unpaired) electrons. The van der Waals surface area contributed by atoms with Crippen LogP contribution in [-0.4, -0.2) is 27.6 Å². The highest BCUT2D eigenvalue weighted by Gasteiger charge is 2.39. The van der Waals surface area contributed by atoms with Gasteiger partial charge < -0.3 is 4.90 Å². The average molecular weight is 280 g/mol. The van der Waals surface area contributed by atoms with Gasteiger partial charge in [0.1, 0.15) is 0 Å². The minimum atomic E-state index is -0.295. The summed E-state index contributed by atoms with van der Waals surface area (Å²) in [6.07, 6.45) is 3.98. The van der Waals surface area contributed by atoms with Gasteiger partial charge in [0.2, 0.25) is 5.91 Å². The van der Waals surface area contributed by atoms with Gasteiger partial charge in [-0.1, -0.05) is 30.3 Å². The van der Waals surface area contributed by atoms with E-state index in [9.17, 15) is 10.1 Å². The summed E-state index contributed by atoms with van der Waals surface area (Å²) >= 11 is 0. The monoisotopic (exact) mass is 280 g/mol. The van der Waals surface area contributed by atoms with Gasteiger partial charge in [-0.25, -0.2) is 0 Å². The first-order chi connectivity index (χ1) is 10.2. The van der Waals surface area contributed by atoms with Crippen LogP contribution < -0.4 is 0 Å². The van der Waals surface area contributed by atoms with E-state index in [-0.39, 0.29) is 17.9 Å². The van der Waals surface area contributed by atoms with Crippen LogP contribution in [0.5, 0.6) is 0 Å². The third-order valence-electron chi connectivity index (χ3n) is 3.93. The van der Waals surface area contributed by atoms with Crippen molar-refractivity contribution in [3.63, 3.8) is 0 Å². The SMILES string of the molecule is CN1C(=O)C[C@H](C#N)[C@H]1c1cnn(Cc2ccccc2)c1. The van der Waals surface area contributed by atoms with Crippen molar-refractivity contribution in [2.75, 3.05) is 7.05 Å². The molecule has 1 aromatic heterocycles. The van der Waals surface area contributed by atoms with Crippen LogP contribution in [0.25, 0.3) is 0 Å². The summed E-state index contributed by atoms with van der Waals surface area (Å²) in [6.45, 7) is 0.683. The molecule has 0 aliphatic carbocycles. The molecule has 2 atom stereocenters. The molecule has 2 aromatic rings. The van der Waals surface area contributed by atoms with Crippen LogP contribution in [0.1, 0.15) is 23.6 Å². The van der Waals surface area contributed by atoms with Crippen LogP contribution in [0.3, 0.4) is 0 Å². The number of carbonyl (C=O) groups is 1. The van der Waals surface area contributed by atoms with Gasteiger partial charge in [-0.2, -0.15) is 10.4 Å². The van der Waals surface area contributed by atoms with Crippen molar-refractivity contribution >= 4 is 5.91 Å². The molecule has 1 aliphatic heterocycles. The molecular formula is C16H16N4O. The van der Waals surface area contributed by atoms with Crippen molar-refractivity contribution in [3.8, 4) is 6.07 Å². The van der Waals surface area contributed by atoms with Crippen molar-refractivity contribution in [1.82, 2.24) is 14.7 Å². The predicted molar refractivity (Wildman–Crippen MR) is 77.0 cm³/mol. The maximum absolute atomic E-state index is 11.8. The van der Waals surface area contributed by atoms with E-state index < -0.39 is 0 Å². The third kappa shape index (κ3) is 2.52. The van der Waals surface area contributed by atoms with E-state index in [0.29, 0.717) is 13.0 Å². The number of hydrogen-bond donors (Lipinski definition) is 0. The summed E-state index contributed by atoms with van der Waals surface area (Å²) in [4.78, 5) is 13.4. The van der Waals surface area contributed by atoms with E-state index in [1.807, 2.05) is 41.2 Å². The second-order valence-corrected chi connectivity index (χ2v) is 5.35. The Morgan fingerprint density at radius 3 is 2.86 bits per heavy atom. The quantitative estimate of drug-likeness (QED) is 0.863. The Morgan fingerprint density at radius 2 is 2.14 bits per heavy atom. The van der Waals surface area contributed by atoms with Crippen LogP contribution >= 0.6 is 0 Å². The second kappa shape index (κ2) is 5.41. The average Bonchev–Trinajstić information content (AvgIpc) is 3.05. The van der Waals surface area contributed by atoms with Crippen LogP contribution in [0.2, 0.25) is 0 Å². The fourth-order valence-electron chi connectivity index (χ4n) is 2.83. The van der Waals surface area contributed by atoms with Gasteiger partial charge >= 0.3 is 0 Å². The molecule has 0 bridgehead atoms. The fourth-order valence-corrected chi connectivity index (χ4v) is 2.83. The van der Waals surface area contributed by atoms with Crippen LogP contribution in [0.4, 0.5) is 0 Å². The Kier molecular flexibility index (Phi) is 3.44. The van der Waals surface area contributed by atoms with Gasteiger partial charge in [0.25, 0.3) is 0 Å². The smallest absolute Gasteiger partial charge is 0.224 e. The molecular weight excluding hydrogens is 264 g/mol. The number of amides is 1. The summed E-state index contributed by atoms with van der Waals surface area (Å²) in [7, 11) is 1.75. The zero-order valence-corrected chi connectivity index (χ0v) is 11.8. The fraction of sp³-hybridized carbons (Fsp3) is 0.312. The van der Waals surface area contributed by atoms with E-state index >= 15 is 0 Å². The van der Waals surface area contributed by atoms with E-state index in [2.05, 4.69) is 11.2 Å². The normalized spacial score (nSPS) is 21.5. The Labute approximate surface area is 123 Å². The Hall–Kier alpha value is -2.61. The molecule has 106 valence electrons. The molecule has 2 heterocycles. The first kappa shape index (κ1) is 13.4. The molecule has 0 N–H and O–H groups in total. The highest BCUT2D eigenvalue weighted by Crippen LogP contribution is 2.36. The number of rotatable bonds is 3. The molecule has 21 heavy (non-hydrogen) atoms. The lowest BCUT2D eigenvalue weighted by Gasteiger charge is -2.20. The number of nitrogens with zero attached hydrogens (tertiary/aromatic N) is 4. The van der Waals surface area contributed by atoms with E-state index in [1.54, 1.807) is 18.1 Å². The van der Waals surface area contributed by atoms with Gasteiger partial charge in [0.05, 0.1) is 30.8 Å². The zero-order chi connectivity index (χ0) is 14.8. The van der Waals surface area contributed by atoms with Crippen LogP contribution in [0.15, 0.2) is 42.7 Å². The molecule has 5 nitrogen and oxygen atoms in total. The van der Waals surface area contributed by atoms with Crippen molar-refractivity contribution in [1.29, 1.82) is 5.26 Å². The standard InChI is InChI=1S/C16H16N4O/c1-19-15(21)7-13(8-17)16(19)14-9-18-20(11-14)10-12-5-3-2-4-6-12/h2-6,9,11,13,16H,7,10H2,1H3/t13-,16+/m1/s1. The van der Waals surface area contributed by atoms with Gasteiger partial charge in [-0.05, 0) is 5.56 Å². The highest BCUT2D eigenvalue weighted by molar-refractivity contribution is 5.79. The Balaban J connectivity index is 1.82. The van der Waals surface area contributed by atoms with Crippen molar-refractivity contribution < 1.29 is 4.79 Å². The molecule has 1 amide bonds. The number of aromatic nitrogens is 2. The minimum Gasteiger partial charge on any atom is -0.337 e. The summed E-state index contributed by atoms with van der Waals surface area (Å²) in [5, 5.41) is 13.6. The van der Waals surface area contributed by atoms with Crippen molar-refractivity contribution in [3.05, 3.63) is 53.9 Å². The van der Waals surface area contributed by atoms with Crippen molar-refractivity contribution in [2.45, 2.75) is 19.0 Å². The van der Waals surface area contributed by atoms with Gasteiger partial charge in [0.15, 0.2) is 0 Å². The maximum atomic E-state index is 11.8. The topological polar surface area (TPSA) is 61.9 Å². The summed E-state index contributed by atoms with van der Waals surface area (Å²) in [6, 6.07) is 12.1. The first-order valence-corrected chi connectivity index (χ1v) is 6.90. The first-order valence-electron chi connectivity index (χ1n) is 6.90. The Bertz CT molecular complexity index is 686. The molecule has 0 spiro atoms. The van der Waals surface area contributed by atoms with Crippen molar-refractivity contribution in [2.24, 2.45) is 5.92 Å². The molecule has 5 heteroatoms. The predicted octanol–water partition coefficient (Wildman–Crippen LogP) is 1.97. The lowest BCUT2D eigenvalue weighted by atomic mass is 9.97. The maximum Gasteiger partial charge on any atom is 0.224 e. The van der Waals surface area contributed by atoms with E-state index in [4.69, 9.17) is 0 Å². The van der Waals surface area contributed by atoms with E-state index in [1.165, 1.54) is 5.56 Å². The lowest BCUT2D eigenvalue weighted by Crippen LogP contribution is -2.23. The molecule has 1 aliphatic rings. The van der Waals surface area contributed by atoms with Gasteiger partial charge in [0, 0.05) is 25.2 Å². The Morgan fingerprint density at radius 1 is 1.38 bits per heavy atom. The van der Waals surface area contributed by atoms with Crippen LogP contribution in [0, 0.1) is 17.2 Å². The van der Waals surface area contributed by atoms with E-state index in [0.717, 1.165) is 5.56 Å². The lowest BCUT2D eigenvalue weighted by molar-refractivity contribution is -0.127. The number of benzene rings is 1. The molecule has 1 fully saturated rings. The molecule has 0 unspecified atom stereocenters. The molecule has 1 aromatic carbocycles. The zero-order valence-electron chi connectivity index (χ0n) is 11.8. The summed E-state index contributed by atoms with van der Waals surface area (Å²) in [5.74, 6) is -0.278. The second-order valence-electron chi connectivity index (χ2n) is 5.35. The molecule has 0 saturated carbocycles. The number of likely N-dealkylation sites (tertiary alicyclic amines) is 1. The molecule has 1 saturated heterocycles. The number of nitriles is 1. The molecule has 3 rings (SSSR count). The number of hydrogen-bond acceptors (Lipinski definition) is 3. The highest BCUT2D eigenvalue weighted by atomic mass is 16.2. The van der Waals surface area contributed by atoms with Gasteiger partial charge in [-0.3, -0.25) is 9.48 Å².